The van der Waals surface area contributed by atoms with Crippen LogP contribution in [0.2, 0.25) is 0 Å². The fraction of sp³-hybridized carbons (Fsp3) is 0.538. The summed E-state index contributed by atoms with van der Waals surface area (Å²) in [6.45, 7) is 2.28. The molecule has 74 valence electrons. The Morgan fingerprint density at radius 3 is 2.21 bits per heavy atom. The van der Waals surface area contributed by atoms with Gasteiger partial charge in [-0.05, 0) is 30.7 Å². The normalized spacial score (nSPS) is 38.0. The van der Waals surface area contributed by atoms with Crippen molar-refractivity contribution in [2.45, 2.75) is 37.1 Å². The molecule has 1 aromatic rings. The Morgan fingerprint density at radius 1 is 1.21 bits per heavy atom. The maximum atomic E-state index is 6.46. The molecular formula is C13H17N. The van der Waals surface area contributed by atoms with Crippen LogP contribution in [0.1, 0.15) is 31.7 Å². The third kappa shape index (κ3) is 0.885. The van der Waals surface area contributed by atoms with Gasteiger partial charge in [0.2, 0.25) is 0 Å². The van der Waals surface area contributed by atoms with E-state index < -0.39 is 0 Å². The predicted molar refractivity (Wildman–Crippen MR) is 58.1 cm³/mol. The van der Waals surface area contributed by atoms with E-state index >= 15 is 0 Å². The quantitative estimate of drug-likeness (QED) is 0.756. The highest BCUT2D eigenvalue weighted by Crippen LogP contribution is 2.66. The molecule has 0 aliphatic heterocycles. The van der Waals surface area contributed by atoms with Gasteiger partial charge in [-0.15, -0.1) is 0 Å². The van der Waals surface area contributed by atoms with Crippen molar-refractivity contribution in [1.82, 2.24) is 0 Å². The second-order valence-corrected chi connectivity index (χ2v) is 5.09. The summed E-state index contributed by atoms with van der Waals surface area (Å²) in [6.07, 6.45) is 3.79. The lowest BCUT2D eigenvalue weighted by atomic mass is 9.85. The van der Waals surface area contributed by atoms with Crippen molar-refractivity contribution in [3.8, 4) is 0 Å². The standard InChI is InChI=1S/C13H17N/c1-10-9-13(10,14)12(7-8-12)11-5-3-2-4-6-11/h2-6,10H,7-9,14H2,1H3. The third-order valence-electron chi connectivity index (χ3n) is 4.33. The molecule has 0 saturated heterocycles. The van der Waals surface area contributed by atoms with Crippen LogP contribution in [0.4, 0.5) is 0 Å². The molecule has 0 radical (unpaired) electrons. The molecule has 2 aliphatic rings. The molecule has 2 unspecified atom stereocenters. The summed E-state index contributed by atoms with van der Waals surface area (Å²) in [5, 5.41) is 0. The molecule has 0 heterocycles. The molecule has 0 spiro atoms. The summed E-state index contributed by atoms with van der Waals surface area (Å²) < 4.78 is 0. The topological polar surface area (TPSA) is 26.0 Å². The van der Waals surface area contributed by atoms with Gasteiger partial charge in [-0.25, -0.2) is 0 Å². The van der Waals surface area contributed by atoms with E-state index in [-0.39, 0.29) is 5.54 Å². The Hall–Kier alpha value is -0.820. The lowest BCUT2D eigenvalue weighted by Crippen LogP contribution is -2.39. The van der Waals surface area contributed by atoms with Crippen LogP contribution >= 0.6 is 0 Å². The molecule has 2 aliphatic carbocycles. The first-order chi connectivity index (χ1) is 6.69. The highest BCUT2D eigenvalue weighted by atomic mass is 14.9. The molecule has 2 fully saturated rings. The van der Waals surface area contributed by atoms with Gasteiger partial charge < -0.3 is 5.73 Å². The van der Waals surface area contributed by atoms with Gasteiger partial charge in [-0.3, -0.25) is 0 Å². The lowest BCUT2D eigenvalue weighted by molar-refractivity contribution is 0.470. The fourth-order valence-electron chi connectivity index (χ4n) is 3.02. The van der Waals surface area contributed by atoms with Crippen LogP contribution in [0.5, 0.6) is 0 Å². The fourth-order valence-corrected chi connectivity index (χ4v) is 3.02. The zero-order chi connectivity index (χ0) is 9.81. The van der Waals surface area contributed by atoms with Crippen LogP contribution in [-0.2, 0) is 5.41 Å². The molecule has 14 heavy (non-hydrogen) atoms. The van der Waals surface area contributed by atoms with Crippen molar-refractivity contribution in [2.24, 2.45) is 11.7 Å². The average molecular weight is 187 g/mol. The average Bonchev–Trinajstić information content (AvgIpc) is 3.07. The Labute approximate surface area is 85.3 Å². The molecule has 2 atom stereocenters. The summed E-state index contributed by atoms with van der Waals surface area (Å²) >= 11 is 0. The summed E-state index contributed by atoms with van der Waals surface area (Å²) in [5.41, 5.74) is 8.39. The van der Waals surface area contributed by atoms with E-state index in [0.29, 0.717) is 11.3 Å². The van der Waals surface area contributed by atoms with Crippen LogP contribution < -0.4 is 5.73 Å². The van der Waals surface area contributed by atoms with E-state index in [1.165, 1.54) is 24.8 Å². The van der Waals surface area contributed by atoms with E-state index in [1.807, 2.05) is 0 Å². The van der Waals surface area contributed by atoms with Gasteiger partial charge in [0.15, 0.2) is 0 Å². The van der Waals surface area contributed by atoms with Crippen molar-refractivity contribution in [1.29, 1.82) is 0 Å². The van der Waals surface area contributed by atoms with Crippen LogP contribution in [0.25, 0.3) is 0 Å². The minimum Gasteiger partial charge on any atom is -0.324 e. The van der Waals surface area contributed by atoms with E-state index in [2.05, 4.69) is 37.3 Å². The molecule has 2 saturated carbocycles. The molecule has 1 heteroatoms. The summed E-state index contributed by atoms with van der Waals surface area (Å²) in [7, 11) is 0. The largest absolute Gasteiger partial charge is 0.324 e. The van der Waals surface area contributed by atoms with E-state index in [9.17, 15) is 0 Å². The van der Waals surface area contributed by atoms with Crippen molar-refractivity contribution in [3.63, 3.8) is 0 Å². The number of nitrogens with two attached hydrogens (primary N) is 1. The lowest BCUT2D eigenvalue weighted by Gasteiger charge is -2.24. The molecule has 1 aromatic carbocycles. The van der Waals surface area contributed by atoms with E-state index in [1.54, 1.807) is 0 Å². The second kappa shape index (κ2) is 2.40. The minimum absolute atomic E-state index is 0.119. The molecule has 2 N–H and O–H groups in total. The highest BCUT2D eigenvalue weighted by Gasteiger charge is 2.67. The molecule has 0 amide bonds. The third-order valence-corrected chi connectivity index (χ3v) is 4.33. The van der Waals surface area contributed by atoms with Crippen LogP contribution in [-0.4, -0.2) is 5.54 Å². The zero-order valence-electron chi connectivity index (χ0n) is 8.66. The van der Waals surface area contributed by atoms with Crippen molar-refractivity contribution in [2.75, 3.05) is 0 Å². The maximum absolute atomic E-state index is 6.46. The van der Waals surface area contributed by atoms with Crippen molar-refractivity contribution in [3.05, 3.63) is 35.9 Å². The zero-order valence-corrected chi connectivity index (χ0v) is 8.66. The number of rotatable bonds is 2. The van der Waals surface area contributed by atoms with Gasteiger partial charge in [-0.2, -0.15) is 0 Å². The summed E-state index contributed by atoms with van der Waals surface area (Å²) in [4.78, 5) is 0. The van der Waals surface area contributed by atoms with Gasteiger partial charge in [-0.1, -0.05) is 37.3 Å². The Kier molecular flexibility index (Phi) is 1.46. The van der Waals surface area contributed by atoms with Crippen molar-refractivity contribution < 1.29 is 0 Å². The van der Waals surface area contributed by atoms with Crippen LogP contribution in [0.15, 0.2) is 30.3 Å². The minimum atomic E-state index is 0.119. The maximum Gasteiger partial charge on any atom is 0.0282 e. The van der Waals surface area contributed by atoms with E-state index in [4.69, 9.17) is 5.73 Å². The SMILES string of the molecule is CC1CC1(N)C1(c2ccccc2)CC1. The first kappa shape index (κ1) is 8.49. The number of hydrogen-bond acceptors (Lipinski definition) is 1. The van der Waals surface area contributed by atoms with E-state index in [0.717, 1.165) is 0 Å². The molecule has 3 rings (SSSR count). The summed E-state index contributed by atoms with van der Waals surface area (Å²) in [5.74, 6) is 0.713. The van der Waals surface area contributed by atoms with Gasteiger partial charge >= 0.3 is 0 Å². The smallest absolute Gasteiger partial charge is 0.0282 e. The van der Waals surface area contributed by atoms with Crippen LogP contribution in [0, 0.1) is 5.92 Å². The molecule has 0 aromatic heterocycles. The van der Waals surface area contributed by atoms with Gasteiger partial charge in [0, 0.05) is 11.0 Å². The van der Waals surface area contributed by atoms with Gasteiger partial charge in [0.05, 0.1) is 0 Å². The number of benzene rings is 1. The Morgan fingerprint density at radius 2 is 1.79 bits per heavy atom. The molecular weight excluding hydrogens is 170 g/mol. The molecule has 1 nitrogen and oxygen atoms in total. The predicted octanol–water partition coefficient (Wildman–Crippen LogP) is 2.46. The second-order valence-electron chi connectivity index (χ2n) is 5.09. The first-order valence-electron chi connectivity index (χ1n) is 5.53. The van der Waals surface area contributed by atoms with Gasteiger partial charge in [0.25, 0.3) is 0 Å². The summed E-state index contributed by atoms with van der Waals surface area (Å²) in [6, 6.07) is 10.8. The monoisotopic (exact) mass is 187 g/mol. The number of hydrogen-bond donors (Lipinski definition) is 1. The highest BCUT2D eigenvalue weighted by molar-refractivity contribution is 5.41. The van der Waals surface area contributed by atoms with Crippen LogP contribution in [0.3, 0.4) is 0 Å². The Bertz CT molecular complexity index is 353. The Balaban J connectivity index is 1.99. The first-order valence-corrected chi connectivity index (χ1v) is 5.53. The van der Waals surface area contributed by atoms with Crippen molar-refractivity contribution >= 4 is 0 Å². The molecule has 0 bridgehead atoms. The van der Waals surface area contributed by atoms with Gasteiger partial charge in [0.1, 0.15) is 0 Å².